The van der Waals surface area contributed by atoms with Crippen molar-refractivity contribution in [2.75, 3.05) is 10.6 Å². The second-order valence-corrected chi connectivity index (χ2v) is 6.57. The van der Waals surface area contributed by atoms with Crippen LogP contribution in [-0.2, 0) is 4.79 Å². The summed E-state index contributed by atoms with van der Waals surface area (Å²) in [5, 5.41) is 22.4. The summed E-state index contributed by atoms with van der Waals surface area (Å²) in [6, 6.07) is 6.17. The second kappa shape index (κ2) is 9.67. The van der Waals surface area contributed by atoms with Crippen LogP contribution in [0.2, 0.25) is 0 Å². The summed E-state index contributed by atoms with van der Waals surface area (Å²) in [7, 11) is 0. The minimum atomic E-state index is -1.09. The SMILES string of the molecule is C/C(O)=C(\C#N)C(=O)Nc1cc(OC(C)C)c(C(=O)Nc2c(F)cccc2F)cc1F. The number of anilines is 2. The predicted molar refractivity (Wildman–Crippen MR) is 106 cm³/mol. The molecule has 0 unspecified atom stereocenters. The first-order chi connectivity index (χ1) is 14.5. The molecule has 3 N–H and O–H groups in total. The van der Waals surface area contributed by atoms with Crippen LogP contribution >= 0.6 is 0 Å². The summed E-state index contributed by atoms with van der Waals surface area (Å²) in [6.07, 6.45) is -0.486. The van der Waals surface area contributed by atoms with Gasteiger partial charge in [0.2, 0.25) is 0 Å². The normalized spacial score (nSPS) is 11.4. The van der Waals surface area contributed by atoms with Crippen LogP contribution in [0.15, 0.2) is 41.7 Å². The van der Waals surface area contributed by atoms with Crippen molar-refractivity contribution in [3.05, 3.63) is 64.7 Å². The van der Waals surface area contributed by atoms with Crippen molar-refractivity contribution in [3.8, 4) is 11.8 Å². The molecule has 0 saturated heterocycles. The van der Waals surface area contributed by atoms with Gasteiger partial charge in [0.1, 0.15) is 40.7 Å². The van der Waals surface area contributed by atoms with Gasteiger partial charge in [-0.25, -0.2) is 13.2 Å². The molecule has 31 heavy (non-hydrogen) atoms. The zero-order valence-corrected chi connectivity index (χ0v) is 16.7. The Morgan fingerprint density at radius 3 is 2.23 bits per heavy atom. The number of benzene rings is 2. The molecule has 0 atom stereocenters. The lowest BCUT2D eigenvalue weighted by Crippen LogP contribution is -2.20. The van der Waals surface area contributed by atoms with E-state index < -0.39 is 58.1 Å². The fraction of sp³-hybridized carbons (Fsp3) is 0.190. The minimum absolute atomic E-state index is 0.191. The summed E-state index contributed by atoms with van der Waals surface area (Å²) in [5.74, 6) is -6.04. The highest BCUT2D eigenvalue weighted by atomic mass is 19.1. The first-order valence-electron chi connectivity index (χ1n) is 8.92. The Bertz CT molecular complexity index is 1080. The first-order valence-corrected chi connectivity index (χ1v) is 8.92. The van der Waals surface area contributed by atoms with Gasteiger partial charge in [-0.1, -0.05) is 6.07 Å². The van der Waals surface area contributed by atoms with Gasteiger partial charge >= 0.3 is 0 Å². The number of nitrogens with zero attached hydrogens (tertiary/aromatic N) is 1. The van der Waals surface area contributed by atoms with Gasteiger partial charge in [-0.3, -0.25) is 9.59 Å². The standard InChI is InChI=1S/C21H18F3N3O4/c1-10(2)31-18-8-17(26-21(30)13(9-25)11(3)28)16(24)7-12(18)20(29)27-19-14(22)5-4-6-15(19)23/h4-8,10,28H,1-3H3,(H,26,30)(H,27,29)/b13-11-. The number of halogens is 3. The van der Waals surface area contributed by atoms with Gasteiger partial charge in [-0.05, 0) is 39.0 Å². The predicted octanol–water partition coefficient (Wildman–Crippen LogP) is 4.44. The molecule has 10 heteroatoms. The van der Waals surface area contributed by atoms with Crippen molar-refractivity contribution in [1.29, 1.82) is 5.26 Å². The Kier molecular flexibility index (Phi) is 7.26. The van der Waals surface area contributed by atoms with Crippen molar-refractivity contribution in [2.24, 2.45) is 0 Å². The Labute approximate surface area is 175 Å². The van der Waals surface area contributed by atoms with Crippen LogP contribution in [-0.4, -0.2) is 23.0 Å². The molecule has 2 aromatic carbocycles. The zero-order valence-electron chi connectivity index (χ0n) is 16.7. The zero-order chi connectivity index (χ0) is 23.3. The van der Waals surface area contributed by atoms with Gasteiger partial charge in [0.15, 0.2) is 5.57 Å². The van der Waals surface area contributed by atoms with Crippen molar-refractivity contribution >= 4 is 23.2 Å². The average Bonchev–Trinajstić information content (AvgIpc) is 2.66. The lowest BCUT2D eigenvalue weighted by molar-refractivity contribution is -0.112. The van der Waals surface area contributed by atoms with Crippen LogP contribution < -0.4 is 15.4 Å². The number of nitriles is 1. The lowest BCUT2D eigenvalue weighted by atomic mass is 10.1. The third-order valence-electron chi connectivity index (χ3n) is 3.83. The van der Waals surface area contributed by atoms with Gasteiger partial charge < -0.3 is 20.5 Å². The van der Waals surface area contributed by atoms with E-state index >= 15 is 0 Å². The molecule has 0 aliphatic heterocycles. The van der Waals surface area contributed by atoms with Crippen LogP contribution in [0, 0.1) is 28.8 Å². The van der Waals surface area contributed by atoms with Gasteiger partial charge in [0.05, 0.1) is 17.4 Å². The average molecular weight is 433 g/mol. The molecule has 2 aromatic rings. The number of hydrogen-bond donors (Lipinski definition) is 3. The van der Waals surface area contributed by atoms with Crippen molar-refractivity contribution in [2.45, 2.75) is 26.9 Å². The summed E-state index contributed by atoms with van der Waals surface area (Å²) in [6.45, 7) is 4.34. The molecule has 7 nitrogen and oxygen atoms in total. The third kappa shape index (κ3) is 5.54. The molecule has 2 rings (SSSR count). The Balaban J connectivity index is 2.46. The van der Waals surface area contributed by atoms with Crippen LogP contribution in [0.1, 0.15) is 31.1 Å². The van der Waals surface area contributed by atoms with Gasteiger partial charge in [-0.2, -0.15) is 5.26 Å². The fourth-order valence-corrected chi connectivity index (χ4v) is 2.46. The van der Waals surface area contributed by atoms with Crippen molar-refractivity contribution in [1.82, 2.24) is 0 Å². The van der Waals surface area contributed by atoms with Crippen LogP contribution in [0.3, 0.4) is 0 Å². The Morgan fingerprint density at radius 1 is 1.10 bits per heavy atom. The molecule has 0 aliphatic carbocycles. The van der Waals surface area contributed by atoms with Gasteiger partial charge in [0, 0.05) is 6.07 Å². The first kappa shape index (κ1) is 23.3. The topological polar surface area (TPSA) is 111 Å². The van der Waals surface area contributed by atoms with Crippen LogP contribution in [0.4, 0.5) is 24.5 Å². The molecule has 162 valence electrons. The minimum Gasteiger partial charge on any atom is -0.511 e. The molecule has 0 aromatic heterocycles. The number of carbonyl (C=O) groups is 2. The number of ether oxygens (including phenoxy) is 1. The number of carbonyl (C=O) groups excluding carboxylic acids is 2. The molecular formula is C21H18F3N3O4. The number of aliphatic hydroxyl groups excluding tert-OH is 1. The molecule has 0 radical (unpaired) electrons. The van der Waals surface area contributed by atoms with E-state index in [1.165, 1.54) is 6.07 Å². The molecule has 0 aliphatic rings. The molecule has 2 amide bonds. The second-order valence-electron chi connectivity index (χ2n) is 6.57. The molecule has 0 bridgehead atoms. The summed E-state index contributed by atoms with van der Waals surface area (Å²) >= 11 is 0. The fourth-order valence-electron chi connectivity index (χ4n) is 2.46. The van der Waals surface area contributed by atoms with Crippen LogP contribution in [0.5, 0.6) is 5.75 Å². The van der Waals surface area contributed by atoms with E-state index in [2.05, 4.69) is 5.32 Å². The largest absolute Gasteiger partial charge is 0.511 e. The maximum atomic E-state index is 14.6. The monoisotopic (exact) mass is 433 g/mol. The van der Waals surface area contributed by atoms with E-state index in [1.807, 2.05) is 5.32 Å². The highest BCUT2D eigenvalue weighted by molar-refractivity contribution is 6.09. The quantitative estimate of drug-likeness (QED) is 0.354. The summed E-state index contributed by atoms with van der Waals surface area (Å²) in [4.78, 5) is 24.7. The maximum absolute atomic E-state index is 14.6. The van der Waals surface area contributed by atoms with E-state index in [0.717, 1.165) is 31.2 Å². The lowest BCUT2D eigenvalue weighted by Gasteiger charge is -2.17. The van der Waals surface area contributed by atoms with E-state index in [9.17, 15) is 27.9 Å². The Hall–Kier alpha value is -4.00. The molecule has 0 spiro atoms. The number of allylic oxidation sites excluding steroid dienone is 1. The van der Waals surface area contributed by atoms with E-state index in [0.29, 0.717) is 6.07 Å². The molecule has 0 heterocycles. The number of aliphatic hydroxyl groups is 1. The highest BCUT2D eigenvalue weighted by Crippen LogP contribution is 2.29. The summed E-state index contributed by atoms with van der Waals surface area (Å²) < 4.78 is 47.8. The number of amides is 2. The smallest absolute Gasteiger partial charge is 0.269 e. The molecule has 0 fully saturated rings. The van der Waals surface area contributed by atoms with Crippen LogP contribution in [0.25, 0.3) is 0 Å². The van der Waals surface area contributed by atoms with Crippen molar-refractivity contribution in [3.63, 3.8) is 0 Å². The maximum Gasteiger partial charge on any atom is 0.269 e. The van der Waals surface area contributed by atoms with Crippen molar-refractivity contribution < 1.29 is 32.6 Å². The number of para-hydroxylation sites is 1. The Morgan fingerprint density at radius 2 is 1.71 bits per heavy atom. The number of nitrogens with one attached hydrogen (secondary N) is 2. The van der Waals surface area contributed by atoms with Gasteiger partial charge in [0.25, 0.3) is 11.8 Å². The third-order valence-corrected chi connectivity index (χ3v) is 3.83. The number of rotatable bonds is 6. The molecule has 0 saturated carbocycles. The molecular weight excluding hydrogens is 415 g/mol. The highest BCUT2D eigenvalue weighted by Gasteiger charge is 2.22. The van der Waals surface area contributed by atoms with E-state index in [-0.39, 0.29) is 11.3 Å². The summed E-state index contributed by atoms with van der Waals surface area (Å²) in [5.41, 5.74) is -2.19. The van der Waals surface area contributed by atoms with E-state index in [4.69, 9.17) is 10.00 Å². The van der Waals surface area contributed by atoms with E-state index in [1.54, 1.807) is 13.8 Å². The number of hydrogen-bond acceptors (Lipinski definition) is 5. The van der Waals surface area contributed by atoms with Gasteiger partial charge in [-0.15, -0.1) is 0 Å².